The molecule has 1 unspecified atom stereocenters. The highest BCUT2D eigenvalue weighted by Crippen LogP contribution is 2.40. The van der Waals surface area contributed by atoms with Crippen LogP contribution < -0.4 is 5.32 Å². The molecular formula is C22H21N3O4S. The molecule has 2 aromatic rings. The minimum atomic E-state index is -0.641. The first kappa shape index (κ1) is 20.2. The standard InChI is InChI=1S/C22H21N3O4S/c1-14-13-30-21-18(24-17(26)11-15-7-3-2-4-8-15)20(27)25(21)19(14)22(28)29-12-16-9-5-6-10-23-16/h2-10,18,21H,11-13H2,1H3,(H,24,26)/t18?,21-/m0/s1. The second kappa shape index (κ2) is 8.71. The molecule has 1 aromatic carbocycles. The summed E-state index contributed by atoms with van der Waals surface area (Å²) in [7, 11) is 0. The average Bonchev–Trinajstić information content (AvgIpc) is 2.77. The molecule has 30 heavy (non-hydrogen) atoms. The molecule has 2 amide bonds. The van der Waals surface area contributed by atoms with Crippen LogP contribution in [0.1, 0.15) is 18.2 Å². The molecular weight excluding hydrogens is 402 g/mol. The number of thioether (sulfide) groups is 1. The molecule has 0 bridgehead atoms. The smallest absolute Gasteiger partial charge is 0.355 e. The molecule has 8 heteroatoms. The highest BCUT2D eigenvalue weighted by molar-refractivity contribution is 8.00. The predicted molar refractivity (Wildman–Crippen MR) is 112 cm³/mol. The molecule has 2 aliphatic rings. The summed E-state index contributed by atoms with van der Waals surface area (Å²) in [6, 6.07) is 14.1. The van der Waals surface area contributed by atoms with Gasteiger partial charge in [0, 0.05) is 11.9 Å². The normalized spacial score (nSPS) is 20.3. The van der Waals surface area contributed by atoms with E-state index in [0.717, 1.165) is 11.1 Å². The lowest BCUT2D eigenvalue weighted by Gasteiger charge is -2.49. The zero-order valence-electron chi connectivity index (χ0n) is 16.4. The molecule has 3 heterocycles. The maximum Gasteiger partial charge on any atom is 0.355 e. The molecule has 0 aliphatic carbocycles. The van der Waals surface area contributed by atoms with E-state index in [1.165, 1.54) is 16.7 Å². The van der Waals surface area contributed by atoms with Crippen molar-refractivity contribution in [1.29, 1.82) is 0 Å². The first-order valence-corrected chi connectivity index (χ1v) is 10.6. The van der Waals surface area contributed by atoms with Gasteiger partial charge in [0.15, 0.2) is 0 Å². The summed E-state index contributed by atoms with van der Waals surface area (Å²) in [5.41, 5.74) is 2.56. The lowest BCUT2D eigenvalue weighted by Crippen LogP contribution is -2.70. The van der Waals surface area contributed by atoms with E-state index >= 15 is 0 Å². The van der Waals surface area contributed by atoms with Crippen LogP contribution in [0.5, 0.6) is 0 Å². The minimum Gasteiger partial charge on any atom is -0.455 e. The fourth-order valence-corrected chi connectivity index (χ4v) is 4.75. The Kier molecular flexibility index (Phi) is 5.85. The second-order valence-corrected chi connectivity index (χ2v) is 8.25. The number of pyridine rings is 1. The molecule has 7 nitrogen and oxygen atoms in total. The Morgan fingerprint density at radius 2 is 1.97 bits per heavy atom. The fraction of sp³-hybridized carbons (Fsp3) is 0.273. The monoisotopic (exact) mass is 423 g/mol. The third-order valence-electron chi connectivity index (χ3n) is 4.95. The highest BCUT2D eigenvalue weighted by atomic mass is 32.2. The molecule has 1 saturated heterocycles. The largest absolute Gasteiger partial charge is 0.455 e. The molecule has 0 radical (unpaired) electrons. The summed E-state index contributed by atoms with van der Waals surface area (Å²) in [6.07, 6.45) is 1.83. The Morgan fingerprint density at radius 3 is 2.70 bits per heavy atom. The molecule has 2 aliphatic heterocycles. The van der Waals surface area contributed by atoms with Crippen LogP contribution in [0.3, 0.4) is 0 Å². The number of esters is 1. The van der Waals surface area contributed by atoms with Crippen LogP contribution >= 0.6 is 11.8 Å². The van der Waals surface area contributed by atoms with Gasteiger partial charge in [0.05, 0.1) is 12.1 Å². The maximum atomic E-state index is 12.8. The number of β-lactam (4-membered cyclic amide) rings is 1. The van der Waals surface area contributed by atoms with Crippen molar-refractivity contribution in [1.82, 2.24) is 15.2 Å². The number of carbonyl (C=O) groups excluding carboxylic acids is 3. The van der Waals surface area contributed by atoms with Gasteiger partial charge in [-0.15, -0.1) is 11.8 Å². The molecule has 154 valence electrons. The van der Waals surface area contributed by atoms with Crippen molar-refractivity contribution in [2.75, 3.05) is 5.75 Å². The number of carbonyl (C=O) groups is 3. The highest BCUT2D eigenvalue weighted by Gasteiger charge is 2.53. The third kappa shape index (κ3) is 4.09. The van der Waals surface area contributed by atoms with Gasteiger partial charge in [0.25, 0.3) is 5.91 Å². The number of hydrogen-bond donors (Lipinski definition) is 1. The summed E-state index contributed by atoms with van der Waals surface area (Å²) >= 11 is 1.53. The van der Waals surface area contributed by atoms with Crippen LogP contribution in [0.4, 0.5) is 0 Å². The van der Waals surface area contributed by atoms with E-state index in [1.807, 2.05) is 43.3 Å². The average molecular weight is 423 g/mol. The first-order chi connectivity index (χ1) is 14.5. The minimum absolute atomic E-state index is 0.0353. The Hall–Kier alpha value is -3.13. The Bertz CT molecular complexity index is 994. The zero-order chi connectivity index (χ0) is 21.1. The summed E-state index contributed by atoms with van der Waals surface area (Å²) in [5, 5.41) is 2.50. The van der Waals surface area contributed by atoms with Gasteiger partial charge in [-0.3, -0.25) is 19.5 Å². The number of hydrogen-bond acceptors (Lipinski definition) is 6. The number of aromatic nitrogens is 1. The number of ether oxygens (including phenoxy) is 1. The number of rotatable bonds is 6. The van der Waals surface area contributed by atoms with Crippen molar-refractivity contribution in [2.24, 2.45) is 0 Å². The Morgan fingerprint density at radius 1 is 1.20 bits per heavy atom. The van der Waals surface area contributed by atoms with Gasteiger partial charge in [0.1, 0.15) is 23.7 Å². The summed E-state index contributed by atoms with van der Waals surface area (Å²) in [4.78, 5) is 43.4. The van der Waals surface area contributed by atoms with E-state index in [-0.39, 0.29) is 35.9 Å². The lowest BCUT2D eigenvalue weighted by atomic mass is 10.0. The lowest BCUT2D eigenvalue weighted by molar-refractivity contribution is -0.153. The molecule has 0 spiro atoms. The van der Waals surface area contributed by atoms with Gasteiger partial charge in [-0.1, -0.05) is 36.4 Å². The maximum absolute atomic E-state index is 12.8. The quantitative estimate of drug-likeness (QED) is 0.565. The number of benzene rings is 1. The molecule has 2 atom stereocenters. The van der Waals surface area contributed by atoms with Crippen molar-refractivity contribution in [3.05, 3.63) is 77.3 Å². The number of amides is 2. The number of nitrogens with zero attached hydrogens (tertiary/aromatic N) is 2. The first-order valence-electron chi connectivity index (χ1n) is 9.59. The van der Waals surface area contributed by atoms with Crippen molar-refractivity contribution in [2.45, 2.75) is 31.4 Å². The molecule has 1 N–H and O–H groups in total. The van der Waals surface area contributed by atoms with E-state index in [2.05, 4.69) is 10.3 Å². The molecule has 1 aromatic heterocycles. The van der Waals surface area contributed by atoms with Crippen LogP contribution in [-0.2, 0) is 32.1 Å². The molecule has 1 fully saturated rings. The van der Waals surface area contributed by atoms with Gasteiger partial charge < -0.3 is 10.1 Å². The molecule has 0 saturated carbocycles. The zero-order valence-corrected chi connectivity index (χ0v) is 17.2. The van der Waals surface area contributed by atoms with Crippen LogP contribution in [0.25, 0.3) is 0 Å². The Balaban J connectivity index is 1.39. The molecule has 4 rings (SSSR count). The van der Waals surface area contributed by atoms with Crippen LogP contribution in [-0.4, -0.2) is 44.8 Å². The van der Waals surface area contributed by atoms with E-state index in [0.29, 0.717) is 11.4 Å². The van der Waals surface area contributed by atoms with E-state index < -0.39 is 12.0 Å². The topological polar surface area (TPSA) is 88.6 Å². The number of fused-ring (bicyclic) bond motifs is 1. The van der Waals surface area contributed by atoms with Crippen molar-refractivity contribution < 1.29 is 19.1 Å². The Labute approximate surface area is 178 Å². The van der Waals surface area contributed by atoms with Crippen molar-refractivity contribution in [3.63, 3.8) is 0 Å². The SMILES string of the molecule is CC1=C(C(=O)OCc2ccccn2)N2C(=O)C(NC(=O)Cc3ccccc3)[C@@H]2SC1. The van der Waals surface area contributed by atoms with Gasteiger partial charge in [0.2, 0.25) is 5.91 Å². The van der Waals surface area contributed by atoms with E-state index in [1.54, 1.807) is 18.3 Å². The van der Waals surface area contributed by atoms with Crippen LogP contribution in [0.15, 0.2) is 66.0 Å². The second-order valence-electron chi connectivity index (χ2n) is 7.14. The van der Waals surface area contributed by atoms with Gasteiger partial charge >= 0.3 is 5.97 Å². The van der Waals surface area contributed by atoms with Crippen molar-refractivity contribution >= 4 is 29.5 Å². The van der Waals surface area contributed by atoms with E-state index in [9.17, 15) is 14.4 Å². The fourth-order valence-electron chi connectivity index (χ4n) is 3.46. The van der Waals surface area contributed by atoms with Gasteiger partial charge in [-0.2, -0.15) is 0 Å². The van der Waals surface area contributed by atoms with Crippen LogP contribution in [0, 0.1) is 0 Å². The summed E-state index contributed by atoms with van der Waals surface area (Å²) in [5.74, 6) is -0.470. The predicted octanol–water partition coefficient (Wildman–Crippen LogP) is 2.04. The summed E-state index contributed by atoms with van der Waals surface area (Å²) in [6.45, 7) is 1.85. The van der Waals surface area contributed by atoms with Gasteiger partial charge in [-0.25, -0.2) is 4.79 Å². The third-order valence-corrected chi connectivity index (χ3v) is 6.38. The van der Waals surface area contributed by atoms with Crippen molar-refractivity contribution in [3.8, 4) is 0 Å². The number of nitrogens with one attached hydrogen (secondary N) is 1. The van der Waals surface area contributed by atoms with E-state index in [4.69, 9.17) is 4.74 Å². The van der Waals surface area contributed by atoms with Crippen LogP contribution in [0.2, 0.25) is 0 Å². The summed E-state index contributed by atoms with van der Waals surface area (Å²) < 4.78 is 5.38. The van der Waals surface area contributed by atoms with Gasteiger partial charge in [-0.05, 0) is 30.2 Å².